The van der Waals surface area contributed by atoms with Crippen molar-refractivity contribution in [1.29, 1.82) is 0 Å². The average molecular weight is 478 g/mol. The van der Waals surface area contributed by atoms with Crippen LogP contribution in [-0.4, -0.2) is 69.3 Å². The van der Waals surface area contributed by atoms with Crippen molar-refractivity contribution in [2.24, 2.45) is 0 Å². The molecule has 35 heavy (non-hydrogen) atoms. The molecule has 3 saturated heterocycles. The second-order valence-corrected chi connectivity index (χ2v) is 10.4. The summed E-state index contributed by atoms with van der Waals surface area (Å²) in [7, 11) is 0. The second-order valence-electron chi connectivity index (χ2n) is 10.4. The number of carbonyl (C=O) groups is 1. The van der Waals surface area contributed by atoms with Gasteiger partial charge >= 0.3 is 0 Å². The van der Waals surface area contributed by atoms with Crippen LogP contribution in [0.25, 0.3) is 22.2 Å². The zero-order valence-corrected chi connectivity index (χ0v) is 19.4. The molecule has 4 fully saturated rings. The van der Waals surface area contributed by atoms with Gasteiger partial charge < -0.3 is 24.6 Å². The predicted octanol–water partition coefficient (Wildman–Crippen LogP) is 3.64. The fourth-order valence-corrected chi connectivity index (χ4v) is 5.88. The van der Waals surface area contributed by atoms with E-state index in [0.717, 1.165) is 51.6 Å². The Kier molecular flexibility index (Phi) is 4.77. The third-order valence-corrected chi connectivity index (χ3v) is 8.02. The van der Waals surface area contributed by atoms with Gasteiger partial charge in [-0.05, 0) is 56.7 Å². The smallest absolute Gasteiger partial charge is 0.289 e. The van der Waals surface area contributed by atoms with Crippen molar-refractivity contribution in [1.82, 2.24) is 20.2 Å². The normalized spacial score (nSPS) is 27.7. The van der Waals surface area contributed by atoms with Crippen molar-refractivity contribution in [3.05, 3.63) is 36.4 Å². The number of nitrogens with zero attached hydrogens (tertiary/aromatic N) is 4. The minimum Gasteiger partial charge on any atom is -0.507 e. The van der Waals surface area contributed by atoms with Crippen molar-refractivity contribution < 1.29 is 18.7 Å². The highest BCUT2D eigenvalue weighted by atomic mass is 19.1. The summed E-state index contributed by atoms with van der Waals surface area (Å²) in [5.41, 5.74) is 1.49. The summed E-state index contributed by atoms with van der Waals surface area (Å²) in [4.78, 5) is 25.7. The standard InChI is InChI=1S/C26H28FN5O3/c27-25-18-5-2-15(30-18)10-20(25)32(16-3-4-16)24-13-28-19(12-29-24)17-11-22-14(8-21(17)33)9-23(35-22)26(34)31-6-1-7-31/h8-9,11-13,15-16,18,20,25,30,33H,1-7,10H2/t15?,18?,20-,25+/m1/s1. The number of aromatic nitrogens is 2. The maximum Gasteiger partial charge on any atom is 0.289 e. The van der Waals surface area contributed by atoms with Crippen molar-refractivity contribution in [2.45, 2.75) is 68.9 Å². The van der Waals surface area contributed by atoms with Crippen LogP contribution in [0.3, 0.4) is 0 Å². The Morgan fingerprint density at radius 3 is 2.71 bits per heavy atom. The summed E-state index contributed by atoms with van der Waals surface area (Å²) < 4.78 is 21.1. The van der Waals surface area contributed by atoms with Crippen LogP contribution in [-0.2, 0) is 0 Å². The minimum absolute atomic E-state index is 0.0427. The molecule has 8 nitrogen and oxygen atoms in total. The predicted molar refractivity (Wildman–Crippen MR) is 128 cm³/mol. The van der Waals surface area contributed by atoms with Gasteiger partial charge in [0.05, 0.1) is 24.1 Å². The van der Waals surface area contributed by atoms with Gasteiger partial charge in [-0.25, -0.2) is 9.37 Å². The Morgan fingerprint density at radius 1 is 1.14 bits per heavy atom. The van der Waals surface area contributed by atoms with Crippen LogP contribution < -0.4 is 10.2 Å². The van der Waals surface area contributed by atoms with E-state index in [2.05, 4.69) is 20.2 Å². The Morgan fingerprint density at radius 2 is 2.00 bits per heavy atom. The first-order valence-electron chi connectivity index (χ1n) is 12.6. The average Bonchev–Trinajstić information content (AvgIpc) is 3.43. The second kappa shape index (κ2) is 7.91. The molecule has 4 aliphatic rings. The first-order valence-corrected chi connectivity index (χ1v) is 12.6. The van der Waals surface area contributed by atoms with E-state index in [1.54, 1.807) is 35.5 Å². The van der Waals surface area contributed by atoms with E-state index < -0.39 is 6.17 Å². The summed E-state index contributed by atoms with van der Waals surface area (Å²) >= 11 is 0. The largest absolute Gasteiger partial charge is 0.507 e. The number of hydrogen-bond donors (Lipinski definition) is 2. The van der Waals surface area contributed by atoms with Crippen LogP contribution in [0.15, 0.2) is 35.0 Å². The van der Waals surface area contributed by atoms with Crippen LogP contribution >= 0.6 is 0 Å². The maximum absolute atomic E-state index is 15.3. The van der Waals surface area contributed by atoms with Crippen LogP contribution in [0.5, 0.6) is 5.75 Å². The van der Waals surface area contributed by atoms with Crippen LogP contribution in [0.2, 0.25) is 0 Å². The van der Waals surface area contributed by atoms with Gasteiger partial charge in [0.2, 0.25) is 0 Å². The lowest BCUT2D eigenvalue weighted by atomic mass is 9.96. The topological polar surface area (TPSA) is 94.7 Å². The van der Waals surface area contributed by atoms with Gasteiger partial charge in [-0.3, -0.25) is 9.78 Å². The quantitative estimate of drug-likeness (QED) is 0.579. The molecular weight excluding hydrogens is 449 g/mol. The number of rotatable bonds is 5. The molecule has 3 aliphatic heterocycles. The SMILES string of the molecule is O=C(c1cc2cc(O)c(-c3cnc(N(C4CC4)[C@@H]4CC5CCC(N5)[C@@H]4F)cn3)cc2o1)N1CCC1. The van der Waals surface area contributed by atoms with Crippen LogP contribution in [0, 0.1) is 0 Å². The van der Waals surface area contributed by atoms with Crippen molar-refractivity contribution in [3.63, 3.8) is 0 Å². The maximum atomic E-state index is 15.3. The first-order chi connectivity index (χ1) is 17.0. The molecule has 7 rings (SSSR count). The number of amides is 1. The van der Waals surface area contributed by atoms with Crippen LogP contribution in [0.4, 0.5) is 10.2 Å². The Balaban J connectivity index is 1.17. The molecule has 0 radical (unpaired) electrons. The molecule has 5 heterocycles. The van der Waals surface area contributed by atoms with Gasteiger partial charge in [-0.1, -0.05) is 0 Å². The fourth-order valence-electron chi connectivity index (χ4n) is 5.88. The zero-order valence-electron chi connectivity index (χ0n) is 19.4. The Labute approximate surface area is 202 Å². The molecule has 3 aromatic rings. The molecular formula is C26H28FN5O3. The number of carbonyl (C=O) groups excluding carboxylic acids is 1. The number of hydrogen-bond acceptors (Lipinski definition) is 7. The number of furan rings is 1. The summed E-state index contributed by atoms with van der Waals surface area (Å²) in [5.74, 6) is 0.872. The number of nitrogens with one attached hydrogen (secondary N) is 1. The number of halogens is 1. The summed E-state index contributed by atoms with van der Waals surface area (Å²) in [6, 6.07) is 5.39. The summed E-state index contributed by atoms with van der Waals surface area (Å²) in [6.07, 6.45) is 8.21. The van der Waals surface area contributed by atoms with E-state index in [1.165, 1.54) is 0 Å². The number of piperidine rings is 1. The number of aromatic hydroxyl groups is 1. The first kappa shape index (κ1) is 21.1. The number of fused-ring (bicyclic) bond motifs is 3. The molecule has 1 aliphatic carbocycles. The third kappa shape index (κ3) is 3.55. The lowest BCUT2D eigenvalue weighted by molar-refractivity contribution is 0.0621. The molecule has 1 saturated carbocycles. The van der Waals surface area contributed by atoms with E-state index >= 15 is 4.39 Å². The number of phenols is 1. The minimum atomic E-state index is -0.922. The number of likely N-dealkylation sites (tertiary alicyclic amines) is 1. The van der Waals surface area contributed by atoms with E-state index in [0.29, 0.717) is 40.1 Å². The van der Waals surface area contributed by atoms with E-state index in [9.17, 15) is 9.90 Å². The van der Waals surface area contributed by atoms with Crippen molar-refractivity contribution in [2.75, 3.05) is 18.0 Å². The molecule has 1 amide bonds. The van der Waals surface area contributed by atoms with Gasteiger partial charge in [0.15, 0.2) is 5.76 Å². The monoisotopic (exact) mass is 477 g/mol. The van der Waals surface area contributed by atoms with Gasteiger partial charge in [-0.2, -0.15) is 0 Å². The number of benzene rings is 1. The number of alkyl halides is 1. The highest BCUT2D eigenvalue weighted by molar-refractivity contribution is 5.97. The highest BCUT2D eigenvalue weighted by Crippen LogP contribution is 2.40. The molecule has 2 aromatic heterocycles. The van der Waals surface area contributed by atoms with Crippen molar-refractivity contribution in [3.8, 4) is 17.0 Å². The van der Waals surface area contributed by atoms with Crippen LogP contribution in [0.1, 0.15) is 49.1 Å². The van der Waals surface area contributed by atoms with E-state index in [4.69, 9.17) is 4.42 Å². The Bertz CT molecular complexity index is 1290. The van der Waals surface area contributed by atoms with Crippen molar-refractivity contribution >= 4 is 22.7 Å². The van der Waals surface area contributed by atoms with Gasteiger partial charge in [0.25, 0.3) is 5.91 Å². The van der Waals surface area contributed by atoms with E-state index in [1.807, 2.05) is 0 Å². The number of anilines is 1. The molecule has 182 valence electrons. The molecule has 2 unspecified atom stereocenters. The number of phenolic OH excluding ortho intramolecular Hbond substituents is 1. The third-order valence-electron chi connectivity index (χ3n) is 8.02. The van der Waals surface area contributed by atoms with Gasteiger partial charge in [0.1, 0.15) is 23.3 Å². The lowest BCUT2D eigenvalue weighted by Gasteiger charge is -2.41. The molecule has 2 N–H and O–H groups in total. The van der Waals surface area contributed by atoms with Gasteiger partial charge in [0, 0.05) is 42.2 Å². The summed E-state index contributed by atoms with van der Waals surface area (Å²) in [6.45, 7) is 1.49. The molecule has 9 heteroatoms. The summed E-state index contributed by atoms with van der Waals surface area (Å²) in [5, 5.41) is 14.8. The molecule has 0 spiro atoms. The lowest BCUT2D eigenvalue weighted by Crippen LogP contribution is -2.57. The zero-order chi connectivity index (χ0) is 23.7. The van der Waals surface area contributed by atoms with Gasteiger partial charge in [-0.15, -0.1) is 0 Å². The molecule has 4 atom stereocenters. The fraction of sp³-hybridized carbons (Fsp3) is 0.500. The highest BCUT2D eigenvalue weighted by Gasteiger charge is 2.48. The Hall–Kier alpha value is -3.20. The van der Waals surface area contributed by atoms with E-state index in [-0.39, 0.29) is 29.5 Å². The molecule has 2 bridgehead atoms. The molecule has 1 aromatic carbocycles.